The van der Waals surface area contributed by atoms with Crippen molar-refractivity contribution in [3.05, 3.63) is 95.1 Å². The van der Waals surface area contributed by atoms with Crippen LogP contribution < -0.4 is 24.4 Å². The Morgan fingerprint density at radius 1 is 1.12 bits per heavy atom. The summed E-state index contributed by atoms with van der Waals surface area (Å²) in [4.78, 5) is 35.3. The Bertz CT molecular complexity index is 1890. The Balaban J connectivity index is 1.86. The van der Waals surface area contributed by atoms with Gasteiger partial charge in [0.15, 0.2) is 16.3 Å². The van der Waals surface area contributed by atoms with Crippen molar-refractivity contribution in [2.24, 2.45) is 4.99 Å². The molecular weight excluding hydrogens is 606 g/mol. The molecule has 1 aliphatic heterocycles. The Labute approximate surface area is 249 Å². The first-order valence-corrected chi connectivity index (χ1v) is 14.8. The monoisotopic (exact) mass is 635 g/mol. The minimum absolute atomic E-state index is 0.0811. The summed E-state index contributed by atoms with van der Waals surface area (Å²) < 4.78 is 13.8. The maximum atomic E-state index is 14.2. The summed E-state index contributed by atoms with van der Waals surface area (Å²) in [5, 5.41) is 12.6. The molecule has 1 atom stereocenters. The van der Waals surface area contributed by atoms with E-state index in [0.717, 1.165) is 16.3 Å². The lowest BCUT2D eigenvalue weighted by Crippen LogP contribution is -2.43. The number of halogens is 1. The summed E-state index contributed by atoms with van der Waals surface area (Å²) in [6, 6.07) is 14.3. The van der Waals surface area contributed by atoms with Gasteiger partial charge in [-0.05, 0) is 55.8 Å². The second-order valence-electron chi connectivity index (χ2n) is 9.51. The lowest BCUT2D eigenvalue weighted by atomic mass is 9.90. The Kier molecular flexibility index (Phi) is 8.06. The zero-order valence-electron chi connectivity index (χ0n) is 23.4. The van der Waals surface area contributed by atoms with Gasteiger partial charge < -0.3 is 19.5 Å². The number of carbonyl (C=O) groups excluding carboxylic acids is 1. The van der Waals surface area contributed by atoms with Crippen LogP contribution in [0.4, 0.5) is 0 Å². The second kappa shape index (κ2) is 11.5. The first-order valence-electron chi connectivity index (χ1n) is 13.2. The highest BCUT2D eigenvalue weighted by atomic mass is 79.9. The average molecular weight is 637 g/mol. The summed E-state index contributed by atoms with van der Waals surface area (Å²) in [7, 11) is 3.05. The number of fused-ring (bicyclic) bond motifs is 2. The fraction of sp³-hybridized carbons (Fsp3) is 0.258. The number of thiazole rings is 1. The van der Waals surface area contributed by atoms with Crippen LogP contribution in [0.3, 0.4) is 0 Å². The van der Waals surface area contributed by atoms with Gasteiger partial charge in [0.1, 0.15) is 11.8 Å². The van der Waals surface area contributed by atoms with E-state index in [1.165, 1.54) is 18.4 Å². The van der Waals surface area contributed by atoms with Crippen molar-refractivity contribution in [2.75, 3.05) is 27.3 Å². The molecule has 0 aliphatic carbocycles. The molecule has 0 bridgehead atoms. The molecule has 3 aromatic carbocycles. The van der Waals surface area contributed by atoms with E-state index in [1.807, 2.05) is 57.2 Å². The molecule has 212 valence electrons. The molecule has 0 radical (unpaired) electrons. The lowest BCUT2D eigenvalue weighted by Gasteiger charge is -2.30. The smallest absolute Gasteiger partial charge is 0.271 e. The zero-order chi connectivity index (χ0) is 29.4. The van der Waals surface area contributed by atoms with Crippen molar-refractivity contribution >= 4 is 50.0 Å². The molecule has 1 aliphatic rings. The molecule has 2 heterocycles. The predicted molar refractivity (Wildman–Crippen MR) is 165 cm³/mol. The number of aromatic hydroxyl groups is 1. The van der Waals surface area contributed by atoms with Crippen molar-refractivity contribution in [1.29, 1.82) is 0 Å². The van der Waals surface area contributed by atoms with Gasteiger partial charge in [-0.15, -0.1) is 0 Å². The fourth-order valence-electron chi connectivity index (χ4n) is 5.29. The number of phenolic OH excluding ortho intramolecular Hbond substituents is 1. The van der Waals surface area contributed by atoms with Gasteiger partial charge in [0.2, 0.25) is 0 Å². The molecule has 5 rings (SSSR count). The van der Waals surface area contributed by atoms with E-state index in [2.05, 4.69) is 15.9 Å². The number of aromatic nitrogens is 1. The number of phenols is 1. The van der Waals surface area contributed by atoms with Crippen LogP contribution in [0.25, 0.3) is 16.8 Å². The largest absolute Gasteiger partial charge is 0.504 e. The molecule has 0 saturated heterocycles. The summed E-state index contributed by atoms with van der Waals surface area (Å²) in [6.07, 6.45) is 1.62. The van der Waals surface area contributed by atoms with Crippen LogP contribution in [0.1, 0.15) is 37.9 Å². The molecule has 8 nitrogen and oxygen atoms in total. The van der Waals surface area contributed by atoms with Gasteiger partial charge in [0, 0.05) is 28.7 Å². The second-order valence-corrected chi connectivity index (χ2v) is 11.4. The van der Waals surface area contributed by atoms with Crippen molar-refractivity contribution in [3.8, 4) is 17.2 Å². The number of rotatable bonds is 7. The van der Waals surface area contributed by atoms with Gasteiger partial charge in [0.25, 0.3) is 11.5 Å². The van der Waals surface area contributed by atoms with E-state index in [4.69, 9.17) is 14.5 Å². The molecule has 1 aromatic heterocycles. The number of hydrogen-bond donors (Lipinski definition) is 1. The number of hydrogen-bond acceptors (Lipinski definition) is 7. The van der Waals surface area contributed by atoms with Crippen molar-refractivity contribution < 1.29 is 19.4 Å². The first-order chi connectivity index (χ1) is 19.7. The number of amides is 1. The SMILES string of the molecule is CCN(CC)C(=O)C1=C(C)N=c2s/c(=C/c3cc(Br)cc(OC)c3O)c(=O)n2[C@H]1c1c(OC)ccc2ccccc12. The number of likely N-dealkylation sites (N-methyl/N-ethyl adjacent to an activating group) is 1. The van der Waals surface area contributed by atoms with Crippen LogP contribution in [0, 0.1) is 0 Å². The summed E-state index contributed by atoms with van der Waals surface area (Å²) in [5.41, 5.74) is 1.77. The normalized spacial score (nSPS) is 15.1. The minimum Gasteiger partial charge on any atom is -0.504 e. The summed E-state index contributed by atoms with van der Waals surface area (Å²) >= 11 is 4.64. The van der Waals surface area contributed by atoms with Gasteiger partial charge in [-0.3, -0.25) is 14.2 Å². The van der Waals surface area contributed by atoms with Gasteiger partial charge >= 0.3 is 0 Å². The van der Waals surface area contributed by atoms with E-state index < -0.39 is 6.04 Å². The van der Waals surface area contributed by atoms with Gasteiger partial charge in [-0.2, -0.15) is 0 Å². The van der Waals surface area contributed by atoms with Crippen LogP contribution in [0.5, 0.6) is 17.2 Å². The third kappa shape index (κ3) is 4.95. The number of allylic oxidation sites excluding steroid dienone is 1. The van der Waals surface area contributed by atoms with Gasteiger partial charge in [-0.25, -0.2) is 4.99 Å². The van der Waals surface area contributed by atoms with Crippen molar-refractivity contribution in [3.63, 3.8) is 0 Å². The Hall–Kier alpha value is -3.89. The zero-order valence-corrected chi connectivity index (χ0v) is 25.8. The molecule has 0 unspecified atom stereocenters. The number of carbonyl (C=O) groups is 1. The maximum Gasteiger partial charge on any atom is 0.271 e. The molecule has 10 heteroatoms. The van der Waals surface area contributed by atoms with E-state index in [9.17, 15) is 14.7 Å². The highest BCUT2D eigenvalue weighted by Crippen LogP contribution is 2.40. The molecule has 0 spiro atoms. The Morgan fingerprint density at radius 3 is 2.51 bits per heavy atom. The molecule has 0 saturated carbocycles. The van der Waals surface area contributed by atoms with Gasteiger partial charge in [-0.1, -0.05) is 57.6 Å². The number of ether oxygens (including phenoxy) is 2. The maximum absolute atomic E-state index is 14.2. The van der Waals surface area contributed by atoms with E-state index in [-0.39, 0.29) is 23.0 Å². The van der Waals surface area contributed by atoms with Crippen molar-refractivity contribution in [2.45, 2.75) is 26.8 Å². The number of nitrogens with zero attached hydrogens (tertiary/aromatic N) is 3. The van der Waals surface area contributed by atoms with E-state index in [0.29, 0.717) is 49.5 Å². The Morgan fingerprint density at radius 2 is 1.83 bits per heavy atom. The van der Waals surface area contributed by atoms with Crippen LogP contribution in [0.2, 0.25) is 0 Å². The topological polar surface area (TPSA) is 93.4 Å². The standard InChI is InChI=1S/C31H30BrN3O5S/c1-6-34(7-2)30(38)25-17(3)33-31-35(27(25)26-21-11-9-8-10-18(21)12-13-22(26)39-4)29(37)24(41-31)15-19-14-20(32)16-23(40-5)28(19)36/h8-16,27,36H,6-7H2,1-5H3/b24-15+/t27-/m1/s1. The number of methoxy groups -OCH3 is 2. The third-order valence-electron chi connectivity index (χ3n) is 7.30. The molecule has 1 N–H and O–H groups in total. The lowest BCUT2D eigenvalue weighted by molar-refractivity contribution is -0.127. The molecule has 1 amide bonds. The third-order valence-corrected chi connectivity index (χ3v) is 8.74. The first kappa shape index (κ1) is 28.6. The van der Waals surface area contributed by atoms with Crippen LogP contribution in [-0.4, -0.2) is 47.8 Å². The molecule has 41 heavy (non-hydrogen) atoms. The van der Waals surface area contributed by atoms with Crippen LogP contribution in [0.15, 0.2) is 74.1 Å². The molecule has 4 aromatic rings. The minimum atomic E-state index is -0.784. The van der Waals surface area contributed by atoms with E-state index in [1.54, 1.807) is 34.8 Å². The fourth-order valence-corrected chi connectivity index (χ4v) is 6.78. The van der Waals surface area contributed by atoms with Gasteiger partial charge in [0.05, 0.1) is 30.0 Å². The highest BCUT2D eigenvalue weighted by Gasteiger charge is 2.36. The highest BCUT2D eigenvalue weighted by molar-refractivity contribution is 9.10. The predicted octanol–water partition coefficient (Wildman–Crippen LogP) is 4.74. The average Bonchev–Trinajstić information content (AvgIpc) is 3.27. The summed E-state index contributed by atoms with van der Waals surface area (Å²) in [6.45, 7) is 6.70. The van der Waals surface area contributed by atoms with Crippen LogP contribution in [-0.2, 0) is 4.79 Å². The van der Waals surface area contributed by atoms with Crippen molar-refractivity contribution in [1.82, 2.24) is 9.47 Å². The summed E-state index contributed by atoms with van der Waals surface area (Å²) in [5.74, 6) is 0.583. The molecular formula is C31H30BrN3O5S. The van der Waals surface area contributed by atoms with E-state index >= 15 is 0 Å². The molecule has 0 fully saturated rings. The quantitative estimate of drug-likeness (QED) is 0.317. The number of benzene rings is 3. The van der Waals surface area contributed by atoms with Crippen LogP contribution >= 0.6 is 27.3 Å².